The van der Waals surface area contributed by atoms with Gasteiger partial charge in [-0.25, -0.2) is 0 Å². The molecule has 1 N–H and O–H groups in total. The minimum absolute atomic E-state index is 0.836. The van der Waals surface area contributed by atoms with Gasteiger partial charge in [0.25, 0.3) is 0 Å². The second-order valence-electron chi connectivity index (χ2n) is 3.66. The Kier molecular flexibility index (Phi) is 3.78. The molecule has 0 amide bonds. The first-order valence-corrected chi connectivity index (χ1v) is 6.77. The molecule has 3 nitrogen and oxygen atoms in total. The van der Waals surface area contributed by atoms with E-state index in [2.05, 4.69) is 44.0 Å². The number of aryl methyl sites for hydroxylation is 1. The highest BCUT2D eigenvalue weighted by Crippen LogP contribution is 2.23. The van der Waals surface area contributed by atoms with Gasteiger partial charge in [-0.2, -0.15) is 5.10 Å². The highest BCUT2D eigenvalue weighted by atomic mass is 79.9. The smallest absolute Gasteiger partial charge is 0.0763 e. The van der Waals surface area contributed by atoms with Gasteiger partial charge in [0.1, 0.15) is 0 Å². The molecule has 0 spiro atoms. The zero-order valence-corrected chi connectivity index (χ0v) is 11.7. The molecule has 0 aromatic carbocycles. The van der Waals surface area contributed by atoms with Gasteiger partial charge < -0.3 is 5.32 Å². The zero-order chi connectivity index (χ0) is 11.5. The second-order valence-corrected chi connectivity index (χ2v) is 5.51. The molecule has 0 unspecified atom stereocenters. The number of aromatic nitrogens is 2. The van der Waals surface area contributed by atoms with Crippen LogP contribution in [0.15, 0.2) is 22.1 Å². The summed E-state index contributed by atoms with van der Waals surface area (Å²) in [6, 6.07) is 2.07. The number of rotatable bonds is 4. The lowest BCUT2D eigenvalue weighted by molar-refractivity contribution is 0.685. The molecule has 2 aromatic heterocycles. The quantitative estimate of drug-likeness (QED) is 0.941. The molecule has 0 aliphatic rings. The molecule has 2 rings (SSSR count). The van der Waals surface area contributed by atoms with E-state index in [9.17, 15) is 0 Å². The lowest BCUT2D eigenvalue weighted by atomic mass is 10.3. The summed E-state index contributed by atoms with van der Waals surface area (Å²) in [7, 11) is 1.95. The van der Waals surface area contributed by atoms with Gasteiger partial charge >= 0.3 is 0 Å². The SMILES string of the molecule is CNCc1cn(Cc2sccc2Br)nc1C. The Morgan fingerprint density at radius 2 is 2.38 bits per heavy atom. The van der Waals surface area contributed by atoms with E-state index in [0.29, 0.717) is 0 Å². The van der Waals surface area contributed by atoms with E-state index in [1.807, 2.05) is 18.7 Å². The summed E-state index contributed by atoms with van der Waals surface area (Å²) < 4.78 is 3.17. The summed E-state index contributed by atoms with van der Waals surface area (Å²) in [6.45, 7) is 3.76. The predicted octanol–water partition coefficient (Wildman–Crippen LogP) is 2.78. The van der Waals surface area contributed by atoms with Crippen molar-refractivity contribution in [2.24, 2.45) is 0 Å². The van der Waals surface area contributed by atoms with Gasteiger partial charge in [-0.3, -0.25) is 4.68 Å². The lowest BCUT2D eigenvalue weighted by Crippen LogP contribution is -2.05. The normalized spacial score (nSPS) is 10.9. The maximum atomic E-state index is 4.51. The van der Waals surface area contributed by atoms with Crippen molar-refractivity contribution in [2.75, 3.05) is 7.05 Å². The molecule has 0 aliphatic carbocycles. The van der Waals surface area contributed by atoms with Crippen LogP contribution >= 0.6 is 27.3 Å². The van der Waals surface area contributed by atoms with E-state index in [1.54, 1.807) is 11.3 Å². The third-order valence-electron chi connectivity index (χ3n) is 2.41. The fraction of sp³-hybridized carbons (Fsp3) is 0.364. The predicted molar refractivity (Wildman–Crippen MR) is 70.8 cm³/mol. The van der Waals surface area contributed by atoms with Crippen LogP contribution in [0.2, 0.25) is 0 Å². The van der Waals surface area contributed by atoms with Crippen molar-refractivity contribution in [3.63, 3.8) is 0 Å². The Hall–Kier alpha value is -0.650. The number of hydrogen-bond acceptors (Lipinski definition) is 3. The number of halogens is 1. The highest BCUT2D eigenvalue weighted by Gasteiger charge is 2.06. The van der Waals surface area contributed by atoms with E-state index in [-0.39, 0.29) is 0 Å². The van der Waals surface area contributed by atoms with Crippen molar-refractivity contribution in [2.45, 2.75) is 20.0 Å². The molecule has 86 valence electrons. The topological polar surface area (TPSA) is 29.9 Å². The van der Waals surface area contributed by atoms with E-state index >= 15 is 0 Å². The van der Waals surface area contributed by atoms with Gasteiger partial charge in [-0.1, -0.05) is 0 Å². The number of thiophene rings is 1. The highest BCUT2D eigenvalue weighted by molar-refractivity contribution is 9.10. The van der Waals surface area contributed by atoms with Gasteiger partial charge in [-0.05, 0) is 41.3 Å². The Balaban J connectivity index is 2.16. The maximum absolute atomic E-state index is 4.51. The Morgan fingerprint density at radius 3 is 3.00 bits per heavy atom. The Morgan fingerprint density at radius 1 is 1.56 bits per heavy atom. The monoisotopic (exact) mass is 299 g/mol. The van der Waals surface area contributed by atoms with Crippen LogP contribution in [0.25, 0.3) is 0 Å². The average Bonchev–Trinajstić information content (AvgIpc) is 2.77. The Bertz CT molecular complexity index is 475. The van der Waals surface area contributed by atoms with Gasteiger partial charge in [0.05, 0.1) is 12.2 Å². The molecule has 2 aromatic rings. The second kappa shape index (κ2) is 5.12. The first-order valence-electron chi connectivity index (χ1n) is 5.10. The van der Waals surface area contributed by atoms with Crippen LogP contribution in [0.1, 0.15) is 16.1 Å². The van der Waals surface area contributed by atoms with Crippen molar-refractivity contribution in [3.05, 3.63) is 38.3 Å². The van der Waals surface area contributed by atoms with Gasteiger partial charge in [0.2, 0.25) is 0 Å². The average molecular weight is 300 g/mol. The summed E-state index contributed by atoms with van der Waals surface area (Å²) in [6.07, 6.45) is 2.11. The van der Waals surface area contributed by atoms with Crippen molar-refractivity contribution in [1.82, 2.24) is 15.1 Å². The fourth-order valence-corrected chi connectivity index (χ4v) is 3.06. The summed E-state index contributed by atoms with van der Waals surface area (Å²) in [4.78, 5) is 1.30. The van der Waals surface area contributed by atoms with Crippen LogP contribution in [0.3, 0.4) is 0 Å². The van der Waals surface area contributed by atoms with E-state index in [0.717, 1.165) is 18.8 Å². The van der Waals surface area contributed by atoms with Gasteiger partial charge in [0, 0.05) is 27.7 Å². The van der Waals surface area contributed by atoms with Crippen LogP contribution in [-0.4, -0.2) is 16.8 Å². The minimum atomic E-state index is 0.836. The molecule has 0 saturated heterocycles. The van der Waals surface area contributed by atoms with E-state index in [1.165, 1.54) is 14.9 Å². The molecule has 0 saturated carbocycles. The summed E-state index contributed by atoms with van der Waals surface area (Å²) in [5, 5.41) is 9.74. The zero-order valence-electron chi connectivity index (χ0n) is 9.33. The summed E-state index contributed by atoms with van der Waals surface area (Å²) >= 11 is 5.29. The first kappa shape index (κ1) is 11.8. The standard InChI is InChI=1S/C11H14BrN3S/c1-8-9(5-13-2)6-15(14-8)7-11-10(12)3-4-16-11/h3-4,6,13H,5,7H2,1-2H3. The molecule has 5 heteroatoms. The van der Waals surface area contributed by atoms with Crippen LogP contribution < -0.4 is 5.32 Å². The molecule has 0 radical (unpaired) electrons. The largest absolute Gasteiger partial charge is 0.316 e. The molecule has 0 aliphatic heterocycles. The van der Waals surface area contributed by atoms with Crippen LogP contribution in [0.5, 0.6) is 0 Å². The molecular formula is C11H14BrN3S. The molecular weight excluding hydrogens is 286 g/mol. The molecule has 0 atom stereocenters. The van der Waals surface area contributed by atoms with Gasteiger partial charge in [0.15, 0.2) is 0 Å². The van der Waals surface area contributed by atoms with Crippen molar-refractivity contribution < 1.29 is 0 Å². The van der Waals surface area contributed by atoms with Crippen LogP contribution in [0, 0.1) is 6.92 Å². The molecule has 0 fully saturated rings. The summed E-state index contributed by atoms with van der Waals surface area (Å²) in [5.74, 6) is 0. The third-order valence-corrected chi connectivity index (χ3v) is 4.32. The van der Waals surface area contributed by atoms with Crippen molar-refractivity contribution in [3.8, 4) is 0 Å². The third kappa shape index (κ3) is 2.53. The number of nitrogens with one attached hydrogen (secondary N) is 1. The molecule has 2 heterocycles. The summed E-state index contributed by atoms with van der Waals surface area (Å²) in [5.41, 5.74) is 2.36. The van der Waals surface area contributed by atoms with Crippen LogP contribution in [-0.2, 0) is 13.1 Å². The molecule has 16 heavy (non-hydrogen) atoms. The van der Waals surface area contributed by atoms with Crippen LogP contribution in [0.4, 0.5) is 0 Å². The van der Waals surface area contributed by atoms with E-state index in [4.69, 9.17) is 0 Å². The van der Waals surface area contributed by atoms with E-state index < -0.39 is 0 Å². The van der Waals surface area contributed by atoms with Crippen molar-refractivity contribution in [1.29, 1.82) is 0 Å². The Labute approximate surface area is 108 Å². The maximum Gasteiger partial charge on any atom is 0.0763 e. The minimum Gasteiger partial charge on any atom is -0.316 e. The fourth-order valence-electron chi connectivity index (χ4n) is 1.59. The molecule has 0 bridgehead atoms. The lowest BCUT2D eigenvalue weighted by Gasteiger charge is -1.99. The number of hydrogen-bond donors (Lipinski definition) is 1. The first-order chi connectivity index (χ1) is 7.70. The van der Waals surface area contributed by atoms with Gasteiger partial charge in [-0.15, -0.1) is 11.3 Å². The van der Waals surface area contributed by atoms with Crippen molar-refractivity contribution >= 4 is 27.3 Å². The number of nitrogens with zero attached hydrogens (tertiary/aromatic N) is 2.